The van der Waals surface area contributed by atoms with Gasteiger partial charge in [-0.3, -0.25) is 4.79 Å². The summed E-state index contributed by atoms with van der Waals surface area (Å²) in [4.78, 5) is 15.6. The average Bonchev–Trinajstić information content (AvgIpc) is 3.25. The van der Waals surface area contributed by atoms with E-state index in [1.165, 1.54) is 12.0 Å². The molecule has 3 fully saturated rings. The Kier molecular flexibility index (Phi) is 5.29. The fourth-order valence-electron chi connectivity index (χ4n) is 5.17. The summed E-state index contributed by atoms with van der Waals surface area (Å²) in [6.07, 6.45) is 6.60. The molecule has 2 saturated carbocycles. The molecule has 1 amide bonds. The van der Waals surface area contributed by atoms with Gasteiger partial charge in [-0.05, 0) is 55.2 Å². The number of nitrogens with two attached hydrogens (primary N) is 1. The summed E-state index contributed by atoms with van der Waals surface area (Å²) in [5, 5.41) is 0. The van der Waals surface area contributed by atoms with Crippen LogP contribution in [0.25, 0.3) is 0 Å². The van der Waals surface area contributed by atoms with Gasteiger partial charge in [-0.1, -0.05) is 40.9 Å². The first-order chi connectivity index (χ1) is 11.1. The van der Waals surface area contributed by atoms with E-state index in [2.05, 4.69) is 39.0 Å². The molecule has 0 bridgehead atoms. The van der Waals surface area contributed by atoms with Gasteiger partial charge in [-0.2, -0.15) is 0 Å². The van der Waals surface area contributed by atoms with E-state index in [4.69, 9.17) is 5.73 Å². The summed E-state index contributed by atoms with van der Waals surface area (Å²) >= 11 is 3.57. The lowest BCUT2D eigenvalue weighted by molar-refractivity contribution is -0.136. The quantitative estimate of drug-likeness (QED) is 0.800. The minimum Gasteiger partial charge on any atom is -0.341 e. The predicted octanol–water partition coefficient (Wildman–Crippen LogP) is 3.88. The van der Waals surface area contributed by atoms with Gasteiger partial charge in [0.15, 0.2) is 0 Å². The van der Waals surface area contributed by atoms with E-state index in [9.17, 15) is 4.79 Å². The molecular formula is C19H26BrClN2O. The maximum atomic E-state index is 13.5. The van der Waals surface area contributed by atoms with Gasteiger partial charge in [0.2, 0.25) is 5.91 Å². The van der Waals surface area contributed by atoms with Crippen LogP contribution in [0.3, 0.4) is 0 Å². The molecule has 3 atom stereocenters. The lowest BCUT2D eigenvalue weighted by Crippen LogP contribution is -2.45. The number of likely N-dealkylation sites (tertiary alicyclic amines) is 1. The van der Waals surface area contributed by atoms with Crippen LogP contribution in [-0.2, 0) is 10.2 Å². The molecule has 3 unspecified atom stereocenters. The lowest BCUT2D eigenvalue weighted by atomic mass is 9.77. The smallest absolute Gasteiger partial charge is 0.233 e. The fraction of sp³-hybridized carbons (Fsp3) is 0.632. The third-order valence-electron chi connectivity index (χ3n) is 6.44. The van der Waals surface area contributed by atoms with E-state index >= 15 is 0 Å². The zero-order valence-electron chi connectivity index (χ0n) is 13.9. The average molecular weight is 414 g/mol. The second kappa shape index (κ2) is 6.97. The summed E-state index contributed by atoms with van der Waals surface area (Å²) in [6, 6.07) is 8.67. The summed E-state index contributed by atoms with van der Waals surface area (Å²) in [5.74, 6) is 1.52. The molecule has 2 N–H and O–H groups in total. The van der Waals surface area contributed by atoms with Crippen molar-refractivity contribution in [2.45, 2.75) is 50.0 Å². The van der Waals surface area contributed by atoms with Crippen LogP contribution in [0.2, 0.25) is 0 Å². The molecule has 0 spiro atoms. The number of nitrogens with zero attached hydrogens (tertiary/aromatic N) is 1. The highest BCUT2D eigenvalue weighted by Crippen LogP contribution is 2.46. The standard InChI is InChI=1S/C19H25BrN2O.ClH/c20-15-5-3-4-14(10-15)19(8-1-2-9-19)18(23)22-11-13-6-7-17(21)16(13)12-22;/h3-5,10,13,16-17H,1-2,6-9,11-12,21H2;1H. The molecular weight excluding hydrogens is 388 g/mol. The Morgan fingerprint density at radius 1 is 1.21 bits per heavy atom. The predicted molar refractivity (Wildman–Crippen MR) is 102 cm³/mol. The molecule has 2 aliphatic carbocycles. The van der Waals surface area contributed by atoms with Gasteiger partial charge in [0, 0.05) is 23.6 Å². The number of carbonyl (C=O) groups is 1. The van der Waals surface area contributed by atoms with Gasteiger partial charge in [-0.15, -0.1) is 12.4 Å². The van der Waals surface area contributed by atoms with Crippen molar-refractivity contribution in [2.24, 2.45) is 17.6 Å². The Bertz CT molecular complexity index is 617. The molecule has 3 nitrogen and oxygen atoms in total. The molecule has 0 aromatic heterocycles. The van der Waals surface area contributed by atoms with Gasteiger partial charge in [0.1, 0.15) is 0 Å². The molecule has 1 saturated heterocycles. The Labute approximate surface area is 158 Å². The number of amides is 1. The maximum absolute atomic E-state index is 13.5. The molecule has 1 aliphatic heterocycles. The number of hydrogen-bond donors (Lipinski definition) is 1. The number of hydrogen-bond acceptors (Lipinski definition) is 2. The van der Waals surface area contributed by atoms with Crippen molar-refractivity contribution in [3.8, 4) is 0 Å². The van der Waals surface area contributed by atoms with Gasteiger partial charge >= 0.3 is 0 Å². The Balaban J connectivity index is 0.00000169. The normalized spacial score (nSPS) is 30.9. The van der Waals surface area contributed by atoms with Crippen molar-refractivity contribution in [3.63, 3.8) is 0 Å². The van der Waals surface area contributed by atoms with Crippen molar-refractivity contribution in [1.82, 2.24) is 4.90 Å². The van der Waals surface area contributed by atoms with Crippen molar-refractivity contribution in [1.29, 1.82) is 0 Å². The van der Waals surface area contributed by atoms with E-state index < -0.39 is 0 Å². The molecule has 3 aliphatic rings. The zero-order chi connectivity index (χ0) is 16.0. The van der Waals surface area contributed by atoms with Crippen LogP contribution in [-0.4, -0.2) is 29.9 Å². The van der Waals surface area contributed by atoms with Crippen LogP contribution < -0.4 is 5.73 Å². The van der Waals surface area contributed by atoms with Gasteiger partial charge in [0.05, 0.1) is 5.41 Å². The number of halogens is 2. The van der Waals surface area contributed by atoms with Crippen molar-refractivity contribution in [2.75, 3.05) is 13.1 Å². The first kappa shape index (κ1) is 18.2. The van der Waals surface area contributed by atoms with E-state index in [0.717, 1.165) is 49.7 Å². The largest absolute Gasteiger partial charge is 0.341 e. The zero-order valence-corrected chi connectivity index (χ0v) is 16.3. The van der Waals surface area contributed by atoms with Crippen LogP contribution in [0, 0.1) is 11.8 Å². The Morgan fingerprint density at radius 3 is 2.62 bits per heavy atom. The summed E-state index contributed by atoms with van der Waals surface area (Å²) in [7, 11) is 0. The second-order valence-electron chi connectivity index (χ2n) is 7.67. The Morgan fingerprint density at radius 2 is 1.96 bits per heavy atom. The van der Waals surface area contributed by atoms with Crippen LogP contribution in [0.15, 0.2) is 28.7 Å². The van der Waals surface area contributed by atoms with Crippen LogP contribution in [0.4, 0.5) is 0 Å². The molecule has 4 rings (SSSR count). The molecule has 0 radical (unpaired) electrons. The maximum Gasteiger partial charge on any atom is 0.233 e. The topological polar surface area (TPSA) is 46.3 Å². The van der Waals surface area contributed by atoms with Crippen molar-refractivity contribution >= 4 is 34.2 Å². The van der Waals surface area contributed by atoms with Crippen molar-refractivity contribution in [3.05, 3.63) is 34.3 Å². The highest BCUT2D eigenvalue weighted by atomic mass is 79.9. The first-order valence-electron chi connectivity index (χ1n) is 8.91. The number of fused-ring (bicyclic) bond motifs is 1. The van der Waals surface area contributed by atoms with E-state index in [0.29, 0.717) is 23.8 Å². The molecule has 1 aromatic carbocycles. The lowest BCUT2D eigenvalue weighted by Gasteiger charge is -2.33. The molecule has 24 heavy (non-hydrogen) atoms. The first-order valence-corrected chi connectivity index (χ1v) is 9.70. The number of benzene rings is 1. The van der Waals surface area contributed by atoms with Crippen LogP contribution >= 0.6 is 28.3 Å². The minimum atomic E-state index is -0.299. The molecule has 1 aromatic rings. The Hall–Kier alpha value is -0.580. The minimum absolute atomic E-state index is 0. The summed E-state index contributed by atoms with van der Waals surface area (Å²) < 4.78 is 1.06. The highest BCUT2D eigenvalue weighted by Gasteiger charge is 2.49. The summed E-state index contributed by atoms with van der Waals surface area (Å²) in [5.41, 5.74) is 7.15. The SMILES string of the molecule is Cl.NC1CCC2CN(C(=O)C3(c4cccc(Br)c4)CCCC3)CC12. The number of rotatable bonds is 2. The van der Waals surface area contributed by atoms with E-state index in [-0.39, 0.29) is 17.8 Å². The van der Waals surface area contributed by atoms with Crippen LogP contribution in [0.5, 0.6) is 0 Å². The third-order valence-corrected chi connectivity index (χ3v) is 6.94. The van der Waals surface area contributed by atoms with Gasteiger partial charge in [-0.25, -0.2) is 0 Å². The molecule has 5 heteroatoms. The number of carbonyl (C=O) groups excluding carboxylic acids is 1. The monoisotopic (exact) mass is 412 g/mol. The van der Waals surface area contributed by atoms with Gasteiger partial charge < -0.3 is 10.6 Å². The van der Waals surface area contributed by atoms with Crippen LogP contribution in [0.1, 0.15) is 44.1 Å². The second-order valence-corrected chi connectivity index (χ2v) is 8.59. The van der Waals surface area contributed by atoms with E-state index in [1.54, 1.807) is 0 Å². The van der Waals surface area contributed by atoms with E-state index in [1.807, 2.05) is 6.07 Å². The van der Waals surface area contributed by atoms with Gasteiger partial charge in [0.25, 0.3) is 0 Å². The molecule has 1 heterocycles. The summed E-state index contributed by atoms with van der Waals surface area (Å²) in [6.45, 7) is 1.80. The fourth-order valence-corrected chi connectivity index (χ4v) is 5.57. The third kappa shape index (κ3) is 2.91. The van der Waals surface area contributed by atoms with Crippen molar-refractivity contribution < 1.29 is 4.79 Å². The molecule has 132 valence electrons. The highest BCUT2D eigenvalue weighted by molar-refractivity contribution is 9.10.